The van der Waals surface area contributed by atoms with Gasteiger partial charge in [0.1, 0.15) is 0 Å². The van der Waals surface area contributed by atoms with Crippen LogP contribution in [0.15, 0.2) is 41.5 Å². The van der Waals surface area contributed by atoms with E-state index in [9.17, 15) is 9.59 Å². The van der Waals surface area contributed by atoms with E-state index in [1.54, 1.807) is 25.3 Å². The summed E-state index contributed by atoms with van der Waals surface area (Å²) in [5, 5.41) is 6.76. The molecule has 0 aliphatic rings. The van der Waals surface area contributed by atoms with Crippen molar-refractivity contribution < 1.29 is 19.1 Å². The summed E-state index contributed by atoms with van der Waals surface area (Å²) in [5.74, 6) is 0.681. The summed E-state index contributed by atoms with van der Waals surface area (Å²) in [6, 6.07) is 11.1. The van der Waals surface area contributed by atoms with Crippen molar-refractivity contribution >= 4 is 23.7 Å². The Kier molecular flexibility index (Phi) is 8.21. The number of amides is 2. The van der Waals surface area contributed by atoms with Crippen molar-refractivity contribution in [3.05, 3.63) is 53.1 Å². The molecular formula is C22H27N3O4. The average molecular weight is 397 g/mol. The van der Waals surface area contributed by atoms with E-state index in [0.29, 0.717) is 18.1 Å². The maximum absolute atomic E-state index is 12.1. The summed E-state index contributed by atoms with van der Waals surface area (Å²) in [7, 11) is 1.56. The number of ether oxygens (including phenoxy) is 2. The molecule has 0 radical (unpaired) electrons. The Bertz CT molecular complexity index is 894. The number of rotatable bonds is 9. The van der Waals surface area contributed by atoms with Gasteiger partial charge in [-0.25, -0.2) is 5.43 Å². The van der Waals surface area contributed by atoms with Gasteiger partial charge in [-0.2, -0.15) is 5.10 Å². The molecule has 7 heteroatoms. The Morgan fingerprint density at radius 2 is 1.83 bits per heavy atom. The van der Waals surface area contributed by atoms with Crippen LogP contribution in [0, 0.1) is 13.8 Å². The first-order valence-corrected chi connectivity index (χ1v) is 9.43. The molecule has 0 aromatic heterocycles. The van der Waals surface area contributed by atoms with Crippen LogP contribution in [0.5, 0.6) is 11.5 Å². The van der Waals surface area contributed by atoms with Gasteiger partial charge in [0.15, 0.2) is 11.5 Å². The summed E-state index contributed by atoms with van der Waals surface area (Å²) < 4.78 is 10.7. The van der Waals surface area contributed by atoms with Crippen molar-refractivity contribution in [1.29, 1.82) is 0 Å². The van der Waals surface area contributed by atoms with Crippen molar-refractivity contribution in [2.75, 3.05) is 19.0 Å². The number of hydrazone groups is 1. The number of carbonyl (C=O) groups is 2. The average Bonchev–Trinajstić information content (AvgIpc) is 2.71. The molecular weight excluding hydrogens is 370 g/mol. The number of benzene rings is 2. The van der Waals surface area contributed by atoms with Gasteiger partial charge in [-0.3, -0.25) is 9.59 Å². The fourth-order valence-electron chi connectivity index (χ4n) is 2.60. The van der Waals surface area contributed by atoms with Gasteiger partial charge >= 0.3 is 0 Å². The number of hydrogen-bond donors (Lipinski definition) is 2. The third-order valence-electron chi connectivity index (χ3n) is 4.35. The summed E-state index contributed by atoms with van der Waals surface area (Å²) >= 11 is 0. The quantitative estimate of drug-likeness (QED) is 0.500. The molecule has 2 aromatic carbocycles. The number of aryl methyl sites for hydroxylation is 1. The van der Waals surface area contributed by atoms with E-state index < -0.39 is 0 Å². The normalized spacial score (nSPS) is 10.6. The highest BCUT2D eigenvalue weighted by Gasteiger charge is 2.09. The molecule has 0 heterocycles. The van der Waals surface area contributed by atoms with Crippen LogP contribution in [0.4, 0.5) is 5.69 Å². The fourth-order valence-corrected chi connectivity index (χ4v) is 2.60. The zero-order chi connectivity index (χ0) is 21.2. The Labute approximate surface area is 171 Å². The van der Waals surface area contributed by atoms with Crippen LogP contribution in [0.2, 0.25) is 0 Å². The number of hydrogen-bond acceptors (Lipinski definition) is 5. The highest BCUT2D eigenvalue weighted by molar-refractivity contribution is 5.94. The molecule has 2 amide bonds. The molecule has 0 aliphatic carbocycles. The minimum atomic E-state index is -0.338. The molecule has 0 atom stereocenters. The monoisotopic (exact) mass is 397 g/mol. The number of nitrogens with one attached hydrogen (secondary N) is 2. The van der Waals surface area contributed by atoms with Gasteiger partial charge in [0.25, 0.3) is 0 Å². The third kappa shape index (κ3) is 6.64. The summed E-state index contributed by atoms with van der Waals surface area (Å²) in [6.45, 7) is 6.36. The van der Waals surface area contributed by atoms with E-state index in [-0.39, 0.29) is 24.7 Å². The van der Waals surface area contributed by atoms with E-state index in [1.165, 1.54) is 6.21 Å². The minimum absolute atomic E-state index is 0.0423. The van der Waals surface area contributed by atoms with Crippen LogP contribution in [0.25, 0.3) is 0 Å². The first-order chi connectivity index (χ1) is 13.9. The summed E-state index contributed by atoms with van der Waals surface area (Å²) in [5.41, 5.74) is 6.05. The minimum Gasteiger partial charge on any atom is -0.493 e. The van der Waals surface area contributed by atoms with E-state index >= 15 is 0 Å². The second-order valence-electron chi connectivity index (χ2n) is 6.43. The summed E-state index contributed by atoms with van der Waals surface area (Å²) in [6.07, 6.45) is 1.62. The van der Waals surface area contributed by atoms with E-state index in [4.69, 9.17) is 9.47 Å². The summed E-state index contributed by atoms with van der Waals surface area (Å²) in [4.78, 5) is 24.0. The van der Waals surface area contributed by atoms with Crippen LogP contribution in [0.1, 0.15) is 36.5 Å². The number of methoxy groups -OCH3 is 1. The molecule has 0 saturated heterocycles. The zero-order valence-electron chi connectivity index (χ0n) is 17.2. The highest BCUT2D eigenvalue weighted by Crippen LogP contribution is 2.27. The van der Waals surface area contributed by atoms with Crippen molar-refractivity contribution in [1.82, 2.24) is 5.43 Å². The standard InChI is InChI=1S/C22H27N3O4/c1-5-29-19-10-9-17(13-20(19)28-4)14-23-25-22(27)12-11-21(26)24-18-8-6-7-15(2)16(18)3/h6-10,13-14H,5,11-12H2,1-4H3,(H,24,26)(H,25,27). The lowest BCUT2D eigenvalue weighted by Crippen LogP contribution is -2.21. The Morgan fingerprint density at radius 3 is 2.55 bits per heavy atom. The second-order valence-corrected chi connectivity index (χ2v) is 6.43. The van der Waals surface area contributed by atoms with Crippen molar-refractivity contribution in [3.63, 3.8) is 0 Å². The number of anilines is 1. The SMILES string of the molecule is CCOc1ccc(C=NNC(=O)CCC(=O)Nc2cccc(C)c2C)cc1OC. The van der Waals surface area contributed by atoms with Gasteiger partial charge in [-0.1, -0.05) is 12.1 Å². The van der Waals surface area contributed by atoms with Crippen LogP contribution < -0.4 is 20.2 Å². The van der Waals surface area contributed by atoms with Gasteiger partial charge in [0.2, 0.25) is 11.8 Å². The van der Waals surface area contributed by atoms with Crippen LogP contribution in [-0.4, -0.2) is 31.7 Å². The molecule has 154 valence electrons. The molecule has 2 aromatic rings. The molecule has 29 heavy (non-hydrogen) atoms. The molecule has 2 rings (SSSR count). The maximum atomic E-state index is 12.1. The highest BCUT2D eigenvalue weighted by atomic mass is 16.5. The van der Waals surface area contributed by atoms with Gasteiger partial charge in [-0.15, -0.1) is 0 Å². The van der Waals surface area contributed by atoms with Gasteiger partial charge in [-0.05, 0) is 61.7 Å². The molecule has 0 saturated carbocycles. The van der Waals surface area contributed by atoms with Crippen molar-refractivity contribution in [3.8, 4) is 11.5 Å². The fraction of sp³-hybridized carbons (Fsp3) is 0.318. The number of nitrogens with zero attached hydrogens (tertiary/aromatic N) is 1. The van der Waals surface area contributed by atoms with Crippen LogP contribution in [-0.2, 0) is 9.59 Å². The Balaban J connectivity index is 1.82. The predicted molar refractivity (Wildman–Crippen MR) is 114 cm³/mol. The van der Waals surface area contributed by atoms with E-state index in [0.717, 1.165) is 22.4 Å². The van der Waals surface area contributed by atoms with Gasteiger partial charge in [0.05, 0.1) is 19.9 Å². The first-order valence-electron chi connectivity index (χ1n) is 9.43. The van der Waals surface area contributed by atoms with E-state index in [1.807, 2.05) is 39.0 Å². The largest absolute Gasteiger partial charge is 0.493 e. The van der Waals surface area contributed by atoms with Crippen molar-refractivity contribution in [2.24, 2.45) is 5.10 Å². The van der Waals surface area contributed by atoms with Crippen LogP contribution in [0.3, 0.4) is 0 Å². The van der Waals surface area contributed by atoms with Crippen LogP contribution >= 0.6 is 0 Å². The molecule has 0 spiro atoms. The molecule has 0 aliphatic heterocycles. The molecule has 2 N–H and O–H groups in total. The molecule has 0 unspecified atom stereocenters. The topological polar surface area (TPSA) is 89.0 Å². The Hall–Kier alpha value is -3.35. The smallest absolute Gasteiger partial charge is 0.240 e. The first kappa shape index (κ1) is 21.9. The van der Waals surface area contributed by atoms with E-state index in [2.05, 4.69) is 15.8 Å². The Morgan fingerprint density at radius 1 is 1.07 bits per heavy atom. The third-order valence-corrected chi connectivity index (χ3v) is 4.35. The van der Waals surface area contributed by atoms with Gasteiger partial charge in [0, 0.05) is 18.5 Å². The molecule has 0 fully saturated rings. The predicted octanol–water partition coefficient (Wildman–Crippen LogP) is 3.58. The lowest BCUT2D eigenvalue weighted by molar-refractivity contribution is -0.124. The molecule has 0 bridgehead atoms. The lowest BCUT2D eigenvalue weighted by atomic mass is 10.1. The maximum Gasteiger partial charge on any atom is 0.240 e. The zero-order valence-corrected chi connectivity index (χ0v) is 17.2. The number of carbonyl (C=O) groups excluding carboxylic acids is 2. The van der Waals surface area contributed by atoms with Crippen molar-refractivity contribution in [2.45, 2.75) is 33.6 Å². The second kappa shape index (κ2) is 10.8. The lowest BCUT2D eigenvalue weighted by Gasteiger charge is -2.10. The van der Waals surface area contributed by atoms with Gasteiger partial charge < -0.3 is 14.8 Å². The molecule has 7 nitrogen and oxygen atoms in total.